The Morgan fingerprint density at radius 1 is 1.20 bits per heavy atom. The van der Waals surface area contributed by atoms with Crippen LogP contribution in [-0.2, 0) is 6.54 Å². The molecule has 0 aliphatic carbocycles. The molecule has 0 unspecified atom stereocenters. The van der Waals surface area contributed by atoms with Crippen molar-refractivity contribution >= 4 is 5.95 Å². The minimum atomic E-state index is 0.311. The molecule has 0 bridgehead atoms. The van der Waals surface area contributed by atoms with Gasteiger partial charge in [0.25, 0.3) is 0 Å². The summed E-state index contributed by atoms with van der Waals surface area (Å²) >= 11 is 0. The predicted molar refractivity (Wildman–Crippen MR) is 74.5 cm³/mol. The Hall–Kier alpha value is -2.25. The molecule has 8 nitrogen and oxygen atoms in total. The molecule has 0 saturated carbocycles. The molecule has 0 radical (unpaired) electrons. The number of hydrogen-bond donors (Lipinski definition) is 1. The summed E-state index contributed by atoms with van der Waals surface area (Å²) in [7, 11) is 1.75. The van der Waals surface area contributed by atoms with E-state index in [0.29, 0.717) is 24.4 Å². The largest absolute Gasteiger partial charge is 0.463 e. The molecule has 0 atom stereocenters. The van der Waals surface area contributed by atoms with Crippen molar-refractivity contribution in [3.8, 4) is 17.5 Å². The molecule has 0 aromatic carbocycles. The SMILES string of the molecule is CCCOc1nc(NC)nc(-c2cnnn2CCC)n1. The van der Waals surface area contributed by atoms with Crippen molar-refractivity contribution in [3.05, 3.63) is 6.20 Å². The fourth-order valence-corrected chi connectivity index (χ4v) is 1.65. The van der Waals surface area contributed by atoms with Crippen LogP contribution in [0.2, 0.25) is 0 Å². The third kappa shape index (κ3) is 3.19. The molecule has 0 aliphatic heterocycles. The minimum Gasteiger partial charge on any atom is -0.463 e. The zero-order chi connectivity index (χ0) is 14.4. The molecule has 8 heteroatoms. The van der Waals surface area contributed by atoms with E-state index < -0.39 is 0 Å². The summed E-state index contributed by atoms with van der Waals surface area (Å²) in [5, 5.41) is 10.9. The molecule has 108 valence electrons. The molecular weight excluding hydrogens is 258 g/mol. The summed E-state index contributed by atoms with van der Waals surface area (Å²) in [5.41, 5.74) is 0.757. The number of aromatic nitrogens is 6. The summed E-state index contributed by atoms with van der Waals surface area (Å²) in [6.45, 7) is 5.44. The number of nitrogens with zero attached hydrogens (tertiary/aromatic N) is 6. The molecule has 2 aromatic heterocycles. The van der Waals surface area contributed by atoms with Crippen LogP contribution in [0.1, 0.15) is 26.7 Å². The second-order valence-corrected chi connectivity index (χ2v) is 4.21. The van der Waals surface area contributed by atoms with Crippen LogP contribution in [0.5, 0.6) is 6.01 Å². The summed E-state index contributed by atoms with van der Waals surface area (Å²) in [6.07, 6.45) is 3.50. The Morgan fingerprint density at radius 2 is 2.05 bits per heavy atom. The van der Waals surface area contributed by atoms with Crippen LogP contribution in [-0.4, -0.2) is 43.6 Å². The van der Waals surface area contributed by atoms with E-state index in [0.717, 1.165) is 25.1 Å². The van der Waals surface area contributed by atoms with Gasteiger partial charge in [0, 0.05) is 13.6 Å². The number of aryl methyl sites for hydroxylation is 1. The highest BCUT2D eigenvalue weighted by atomic mass is 16.5. The summed E-state index contributed by atoms with van der Waals surface area (Å²) in [6, 6.07) is 0.311. The number of rotatable bonds is 7. The maximum atomic E-state index is 5.48. The van der Waals surface area contributed by atoms with Gasteiger partial charge >= 0.3 is 6.01 Å². The maximum absolute atomic E-state index is 5.48. The Bertz CT molecular complexity index is 554. The highest BCUT2D eigenvalue weighted by Gasteiger charge is 2.13. The molecule has 2 aromatic rings. The summed E-state index contributed by atoms with van der Waals surface area (Å²) < 4.78 is 7.26. The van der Waals surface area contributed by atoms with Crippen molar-refractivity contribution in [1.82, 2.24) is 29.9 Å². The third-order valence-electron chi connectivity index (χ3n) is 2.56. The number of ether oxygens (including phenoxy) is 1. The lowest BCUT2D eigenvalue weighted by atomic mass is 10.4. The normalized spacial score (nSPS) is 10.6. The molecule has 2 rings (SSSR count). The highest BCUT2D eigenvalue weighted by Crippen LogP contribution is 2.18. The van der Waals surface area contributed by atoms with Crippen LogP contribution >= 0.6 is 0 Å². The first-order valence-electron chi connectivity index (χ1n) is 6.74. The first-order valence-corrected chi connectivity index (χ1v) is 6.74. The zero-order valence-corrected chi connectivity index (χ0v) is 12.0. The number of nitrogens with one attached hydrogen (secondary N) is 1. The van der Waals surface area contributed by atoms with Crippen molar-refractivity contribution in [2.45, 2.75) is 33.2 Å². The number of hydrogen-bond acceptors (Lipinski definition) is 7. The van der Waals surface area contributed by atoms with E-state index >= 15 is 0 Å². The molecule has 0 spiro atoms. The van der Waals surface area contributed by atoms with Crippen molar-refractivity contribution in [1.29, 1.82) is 0 Å². The number of anilines is 1. The Morgan fingerprint density at radius 3 is 2.75 bits per heavy atom. The average Bonchev–Trinajstić information content (AvgIpc) is 2.93. The third-order valence-corrected chi connectivity index (χ3v) is 2.56. The van der Waals surface area contributed by atoms with Crippen LogP contribution in [0.4, 0.5) is 5.95 Å². The van der Waals surface area contributed by atoms with Gasteiger partial charge in [-0.15, -0.1) is 5.10 Å². The molecule has 0 aliphatic rings. The van der Waals surface area contributed by atoms with E-state index in [1.54, 1.807) is 17.9 Å². The van der Waals surface area contributed by atoms with Gasteiger partial charge in [-0.05, 0) is 12.8 Å². The van der Waals surface area contributed by atoms with Crippen molar-refractivity contribution in [2.24, 2.45) is 0 Å². The molecule has 2 heterocycles. The van der Waals surface area contributed by atoms with Crippen molar-refractivity contribution < 1.29 is 4.74 Å². The molecule has 1 N–H and O–H groups in total. The molecule has 0 fully saturated rings. The van der Waals surface area contributed by atoms with E-state index in [1.165, 1.54) is 0 Å². The van der Waals surface area contributed by atoms with Crippen LogP contribution in [0.3, 0.4) is 0 Å². The fourth-order valence-electron chi connectivity index (χ4n) is 1.65. The van der Waals surface area contributed by atoms with Gasteiger partial charge in [-0.1, -0.05) is 19.1 Å². The van der Waals surface area contributed by atoms with Gasteiger partial charge in [-0.2, -0.15) is 15.0 Å². The van der Waals surface area contributed by atoms with Gasteiger partial charge in [0.2, 0.25) is 5.95 Å². The lowest BCUT2D eigenvalue weighted by Gasteiger charge is -2.08. The van der Waals surface area contributed by atoms with Crippen LogP contribution in [0.25, 0.3) is 11.5 Å². The molecule has 20 heavy (non-hydrogen) atoms. The molecular formula is C12H19N7O. The monoisotopic (exact) mass is 277 g/mol. The fraction of sp³-hybridized carbons (Fsp3) is 0.583. The zero-order valence-electron chi connectivity index (χ0n) is 12.0. The Labute approximate surface area is 117 Å². The summed E-state index contributed by atoms with van der Waals surface area (Å²) in [5.74, 6) is 0.972. The topological polar surface area (TPSA) is 90.6 Å². The summed E-state index contributed by atoms with van der Waals surface area (Å²) in [4.78, 5) is 12.8. The highest BCUT2D eigenvalue weighted by molar-refractivity contribution is 5.50. The minimum absolute atomic E-state index is 0.311. The first-order chi connectivity index (χ1) is 9.78. The van der Waals surface area contributed by atoms with Gasteiger partial charge < -0.3 is 10.1 Å². The average molecular weight is 277 g/mol. The quantitative estimate of drug-likeness (QED) is 0.817. The van der Waals surface area contributed by atoms with Gasteiger partial charge in [-0.25, -0.2) is 4.68 Å². The van der Waals surface area contributed by atoms with E-state index in [-0.39, 0.29) is 0 Å². The molecule has 0 amide bonds. The second kappa shape index (κ2) is 6.78. The second-order valence-electron chi connectivity index (χ2n) is 4.21. The maximum Gasteiger partial charge on any atom is 0.321 e. The Kier molecular flexibility index (Phi) is 4.80. The van der Waals surface area contributed by atoms with E-state index in [4.69, 9.17) is 4.74 Å². The standard InChI is InChI=1S/C12H19N7O/c1-4-6-19-9(8-14-18-19)10-15-11(13-3)17-12(16-10)20-7-5-2/h8H,4-7H2,1-3H3,(H,13,15,16,17). The molecule has 0 saturated heterocycles. The van der Waals surface area contributed by atoms with Crippen molar-refractivity contribution in [3.63, 3.8) is 0 Å². The van der Waals surface area contributed by atoms with Gasteiger partial charge in [-0.3, -0.25) is 0 Å². The lowest BCUT2D eigenvalue weighted by molar-refractivity contribution is 0.292. The van der Waals surface area contributed by atoms with Gasteiger partial charge in [0.1, 0.15) is 5.69 Å². The van der Waals surface area contributed by atoms with Gasteiger partial charge in [0.15, 0.2) is 5.82 Å². The van der Waals surface area contributed by atoms with Crippen LogP contribution in [0.15, 0.2) is 6.20 Å². The van der Waals surface area contributed by atoms with E-state index in [2.05, 4.69) is 37.5 Å². The Balaban J connectivity index is 2.36. The van der Waals surface area contributed by atoms with Crippen LogP contribution < -0.4 is 10.1 Å². The smallest absolute Gasteiger partial charge is 0.321 e. The van der Waals surface area contributed by atoms with Crippen LogP contribution in [0, 0.1) is 0 Å². The van der Waals surface area contributed by atoms with E-state index in [1.807, 2.05) is 6.92 Å². The predicted octanol–water partition coefficient (Wildman–Crippen LogP) is 1.37. The van der Waals surface area contributed by atoms with E-state index in [9.17, 15) is 0 Å². The lowest BCUT2D eigenvalue weighted by Crippen LogP contribution is -2.08. The first kappa shape index (κ1) is 14.2. The van der Waals surface area contributed by atoms with Gasteiger partial charge in [0.05, 0.1) is 12.8 Å². The van der Waals surface area contributed by atoms with Crippen molar-refractivity contribution in [2.75, 3.05) is 19.0 Å².